The molecule has 0 unspecified atom stereocenters. The highest BCUT2D eigenvalue weighted by Crippen LogP contribution is 2.17. The van der Waals surface area contributed by atoms with Gasteiger partial charge >= 0.3 is 0 Å². The van der Waals surface area contributed by atoms with Gasteiger partial charge in [0, 0.05) is 31.4 Å². The molecule has 1 saturated heterocycles. The first-order valence-corrected chi connectivity index (χ1v) is 8.92. The van der Waals surface area contributed by atoms with Gasteiger partial charge in [0.1, 0.15) is 11.4 Å². The minimum absolute atomic E-state index is 0.179. The number of pyridine rings is 1. The van der Waals surface area contributed by atoms with Crippen molar-refractivity contribution in [3.05, 3.63) is 59.4 Å². The van der Waals surface area contributed by atoms with Gasteiger partial charge in [0.05, 0.1) is 20.3 Å². The normalized spacial score (nSPS) is 13.9. The first-order valence-electron chi connectivity index (χ1n) is 8.92. The summed E-state index contributed by atoms with van der Waals surface area (Å²) in [6.45, 7) is 2.59. The van der Waals surface area contributed by atoms with Crippen LogP contribution in [-0.4, -0.2) is 61.7 Å². The molecule has 1 aliphatic heterocycles. The van der Waals surface area contributed by atoms with Gasteiger partial charge in [-0.1, -0.05) is 18.2 Å². The number of hydrogen-bond acceptors (Lipinski definition) is 5. The predicted octanol–water partition coefficient (Wildman–Crippen LogP) is 1.54. The maximum atomic E-state index is 12.5. The molecule has 1 fully saturated rings. The molecule has 2 aromatic rings. The maximum Gasteiger partial charge on any atom is 0.272 e. The number of nitrogens with zero attached hydrogens (tertiary/aromatic N) is 2. The molecule has 142 valence electrons. The fourth-order valence-corrected chi connectivity index (χ4v) is 2.94. The van der Waals surface area contributed by atoms with Crippen LogP contribution in [0, 0.1) is 0 Å². The van der Waals surface area contributed by atoms with Crippen molar-refractivity contribution in [3.63, 3.8) is 0 Å². The number of rotatable bonds is 6. The van der Waals surface area contributed by atoms with Gasteiger partial charge in [0.2, 0.25) is 0 Å². The molecule has 7 heteroatoms. The quantitative estimate of drug-likeness (QED) is 0.835. The molecule has 2 heterocycles. The van der Waals surface area contributed by atoms with Gasteiger partial charge in [0.25, 0.3) is 11.8 Å². The number of morpholine rings is 1. The van der Waals surface area contributed by atoms with E-state index in [0.717, 1.165) is 11.3 Å². The van der Waals surface area contributed by atoms with E-state index in [9.17, 15) is 9.59 Å². The number of aromatic nitrogens is 1. The van der Waals surface area contributed by atoms with E-state index in [-0.39, 0.29) is 17.5 Å². The molecule has 7 nitrogen and oxygen atoms in total. The summed E-state index contributed by atoms with van der Waals surface area (Å²) >= 11 is 0. The number of benzene rings is 1. The SMILES string of the molecule is COc1ccccc1CCNC(=O)c1ccnc(C(=O)N2CCOCC2)c1. The minimum Gasteiger partial charge on any atom is -0.496 e. The summed E-state index contributed by atoms with van der Waals surface area (Å²) in [6.07, 6.45) is 2.14. The van der Waals surface area contributed by atoms with Crippen molar-refractivity contribution in [2.75, 3.05) is 40.0 Å². The van der Waals surface area contributed by atoms with Crippen molar-refractivity contribution in [2.24, 2.45) is 0 Å². The van der Waals surface area contributed by atoms with Gasteiger partial charge in [-0.25, -0.2) is 0 Å². The van der Waals surface area contributed by atoms with Crippen molar-refractivity contribution in [1.82, 2.24) is 15.2 Å². The third-order valence-electron chi connectivity index (χ3n) is 4.41. The van der Waals surface area contributed by atoms with Gasteiger partial charge in [-0.15, -0.1) is 0 Å². The van der Waals surface area contributed by atoms with Crippen molar-refractivity contribution in [3.8, 4) is 5.75 Å². The average Bonchev–Trinajstić information content (AvgIpc) is 2.74. The van der Waals surface area contributed by atoms with E-state index in [4.69, 9.17) is 9.47 Å². The Bertz CT molecular complexity index is 803. The van der Waals surface area contributed by atoms with Crippen LogP contribution in [0.1, 0.15) is 26.4 Å². The van der Waals surface area contributed by atoms with Crippen molar-refractivity contribution in [1.29, 1.82) is 0 Å². The second-order valence-corrected chi connectivity index (χ2v) is 6.15. The molecule has 3 rings (SSSR count). The highest BCUT2D eigenvalue weighted by atomic mass is 16.5. The standard InChI is InChI=1S/C20H23N3O4/c1-26-18-5-3-2-4-15(18)6-9-22-19(24)16-7-8-21-17(14-16)20(25)23-10-12-27-13-11-23/h2-5,7-8,14H,6,9-13H2,1H3,(H,22,24). The summed E-state index contributed by atoms with van der Waals surface area (Å²) < 4.78 is 10.6. The monoisotopic (exact) mass is 369 g/mol. The summed E-state index contributed by atoms with van der Waals surface area (Å²) in [5, 5.41) is 2.88. The maximum absolute atomic E-state index is 12.5. The number of nitrogens with one attached hydrogen (secondary N) is 1. The van der Waals surface area contributed by atoms with E-state index in [0.29, 0.717) is 44.8 Å². The first kappa shape index (κ1) is 18.8. The van der Waals surface area contributed by atoms with Crippen LogP contribution in [0.25, 0.3) is 0 Å². The van der Waals surface area contributed by atoms with E-state index in [1.807, 2.05) is 24.3 Å². The number of carbonyl (C=O) groups is 2. The second-order valence-electron chi connectivity index (χ2n) is 6.15. The fraction of sp³-hybridized carbons (Fsp3) is 0.350. The summed E-state index contributed by atoms with van der Waals surface area (Å²) in [5.41, 5.74) is 1.72. The number of amides is 2. The van der Waals surface area contributed by atoms with Crippen molar-refractivity contribution >= 4 is 11.8 Å². The van der Waals surface area contributed by atoms with Crippen molar-refractivity contribution in [2.45, 2.75) is 6.42 Å². The van der Waals surface area contributed by atoms with Crippen LogP contribution in [0.5, 0.6) is 5.75 Å². The van der Waals surface area contributed by atoms with Crippen LogP contribution >= 0.6 is 0 Å². The van der Waals surface area contributed by atoms with Gasteiger partial charge in [-0.2, -0.15) is 0 Å². The lowest BCUT2D eigenvalue weighted by Gasteiger charge is -2.26. The third-order valence-corrected chi connectivity index (χ3v) is 4.41. The summed E-state index contributed by atoms with van der Waals surface area (Å²) in [6, 6.07) is 10.8. The molecule has 0 atom stereocenters. The first-order chi connectivity index (χ1) is 13.2. The zero-order valence-corrected chi connectivity index (χ0v) is 15.3. The Hall–Kier alpha value is -2.93. The van der Waals surface area contributed by atoms with E-state index >= 15 is 0 Å². The molecule has 2 amide bonds. The van der Waals surface area contributed by atoms with Gasteiger partial charge in [0.15, 0.2) is 0 Å². The number of ether oxygens (including phenoxy) is 2. The molecule has 0 saturated carbocycles. The third kappa shape index (κ3) is 4.83. The molecule has 0 spiro atoms. The molecule has 0 aliphatic carbocycles. The Labute approximate surface area is 158 Å². The van der Waals surface area contributed by atoms with Crippen LogP contribution in [0.2, 0.25) is 0 Å². The minimum atomic E-state index is -0.233. The zero-order valence-electron chi connectivity index (χ0n) is 15.3. The molecular weight excluding hydrogens is 346 g/mol. The molecule has 0 bridgehead atoms. The van der Waals surface area contributed by atoms with Crippen molar-refractivity contribution < 1.29 is 19.1 Å². The fourth-order valence-electron chi connectivity index (χ4n) is 2.94. The highest BCUT2D eigenvalue weighted by Gasteiger charge is 2.20. The van der Waals surface area contributed by atoms with E-state index in [2.05, 4.69) is 10.3 Å². The summed E-state index contributed by atoms with van der Waals surface area (Å²) in [4.78, 5) is 30.7. The lowest BCUT2D eigenvalue weighted by atomic mass is 10.1. The molecule has 1 N–H and O–H groups in total. The van der Waals surface area contributed by atoms with Crippen LogP contribution in [0.3, 0.4) is 0 Å². The topological polar surface area (TPSA) is 80.8 Å². The molecule has 27 heavy (non-hydrogen) atoms. The lowest BCUT2D eigenvalue weighted by molar-refractivity contribution is 0.0299. The predicted molar refractivity (Wildman–Crippen MR) is 100.0 cm³/mol. The summed E-state index contributed by atoms with van der Waals surface area (Å²) in [7, 11) is 1.63. The summed E-state index contributed by atoms with van der Waals surface area (Å²) in [5.74, 6) is 0.388. The van der Waals surface area contributed by atoms with Gasteiger partial charge < -0.3 is 19.7 Å². The number of methoxy groups -OCH3 is 1. The van der Waals surface area contributed by atoms with Gasteiger partial charge in [-0.05, 0) is 30.2 Å². The number of para-hydroxylation sites is 1. The van der Waals surface area contributed by atoms with Crippen LogP contribution in [0.4, 0.5) is 0 Å². The molecule has 0 radical (unpaired) electrons. The second kappa shape index (κ2) is 9.14. The van der Waals surface area contributed by atoms with Crippen LogP contribution in [0.15, 0.2) is 42.6 Å². The van der Waals surface area contributed by atoms with E-state index in [1.54, 1.807) is 18.1 Å². The largest absolute Gasteiger partial charge is 0.496 e. The van der Waals surface area contributed by atoms with E-state index < -0.39 is 0 Å². The Morgan fingerprint density at radius 1 is 1.22 bits per heavy atom. The van der Waals surface area contributed by atoms with E-state index in [1.165, 1.54) is 12.3 Å². The Morgan fingerprint density at radius 2 is 2.00 bits per heavy atom. The number of hydrogen-bond donors (Lipinski definition) is 1. The van der Waals surface area contributed by atoms with Gasteiger partial charge in [-0.3, -0.25) is 14.6 Å². The van der Waals surface area contributed by atoms with Crippen LogP contribution < -0.4 is 10.1 Å². The Morgan fingerprint density at radius 3 is 2.78 bits per heavy atom. The molecule has 1 aromatic heterocycles. The Kier molecular flexibility index (Phi) is 6.38. The lowest BCUT2D eigenvalue weighted by Crippen LogP contribution is -2.41. The zero-order chi connectivity index (χ0) is 19.1. The number of carbonyl (C=O) groups excluding carboxylic acids is 2. The molecule has 1 aliphatic rings. The molecular formula is C20H23N3O4. The average molecular weight is 369 g/mol. The van der Waals surface area contributed by atoms with Crippen LogP contribution in [-0.2, 0) is 11.2 Å². The smallest absolute Gasteiger partial charge is 0.272 e. The molecule has 1 aromatic carbocycles. The highest BCUT2D eigenvalue weighted by molar-refractivity contribution is 5.98. The Balaban J connectivity index is 1.59.